The number of hydrogen-bond acceptors (Lipinski definition) is 5. The summed E-state index contributed by atoms with van der Waals surface area (Å²) in [6.07, 6.45) is 3.48. The highest BCUT2D eigenvalue weighted by molar-refractivity contribution is 5.92. The minimum absolute atomic E-state index is 0.0214. The molecule has 0 bridgehead atoms. The Kier molecular flexibility index (Phi) is 3.02. The maximum Gasteiger partial charge on any atom is 0.216 e. The van der Waals surface area contributed by atoms with Crippen molar-refractivity contribution in [2.24, 2.45) is 0 Å². The van der Waals surface area contributed by atoms with Crippen molar-refractivity contribution >= 4 is 22.3 Å². The van der Waals surface area contributed by atoms with Gasteiger partial charge in [-0.2, -0.15) is 0 Å². The van der Waals surface area contributed by atoms with Crippen molar-refractivity contribution < 1.29 is 4.42 Å². The predicted molar refractivity (Wildman–Crippen MR) is 79.4 cm³/mol. The van der Waals surface area contributed by atoms with E-state index in [1.807, 2.05) is 38.1 Å². The highest BCUT2D eigenvalue weighted by Crippen LogP contribution is 2.26. The summed E-state index contributed by atoms with van der Waals surface area (Å²) >= 11 is 0. The third-order valence-electron chi connectivity index (χ3n) is 3.15. The SMILES string of the molecule is Cc1cnc(C(C)Nc2ccnc3cc(N)ccc23)o1. The fourth-order valence-electron chi connectivity index (χ4n) is 2.16. The molecule has 2 aromatic heterocycles. The zero-order valence-corrected chi connectivity index (χ0v) is 11.4. The number of hydrogen-bond donors (Lipinski definition) is 2. The number of aromatic nitrogens is 2. The molecule has 0 aliphatic heterocycles. The van der Waals surface area contributed by atoms with Gasteiger partial charge in [0.25, 0.3) is 0 Å². The van der Waals surface area contributed by atoms with Gasteiger partial charge in [-0.05, 0) is 38.1 Å². The van der Waals surface area contributed by atoms with Gasteiger partial charge in [0, 0.05) is 23.0 Å². The third-order valence-corrected chi connectivity index (χ3v) is 3.15. The van der Waals surface area contributed by atoms with Gasteiger partial charge in [0.05, 0.1) is 11.7 Å². The monoisotopic (exact) mass is 268 g/mol. The predicted octanol–water partition coefficient (Wildman–Crippen LogP) is 3.29. The molecule has 0 saturated carbocycles. The van der Waals surface area contributed by atoms with Crippen LogP contribution in [0.3, 0.4) is 0 Å². The van der Waals surface area contributed by atoms with E-state index in [0.29, 0.717) is 11.6 Å². The summed E-state index contributed by atoms with van der Waals surface area (Å²) < 4.78 is 5.54. The molecule has 0 fully saturated rings. The quantitative estimate of drug-likeness (QED) is 0.713. The van der Waals surface area contributed by atoms with Crippen LogP contribution in [0.15, 0.2) is 41.1 Å². The van der Waals surface area contributed by atoms with Crippen LogP contribution in [0, 0.1) is 6.92 Å². The molecule has 0 radical (unpaired) electrons. The summed E-state index contributed by atoms with van der Waals surface area (Å²) in [5, 5.41) is 4.42. The van der Waals surface area contributed by atoms with Crippen LogP contribution in [-0.4, -0.2) is 9.97 Å². The second-order valence-corrected chi connectivity index (χ2v) is 4.81. The number of fused-ring (bicyclic) bond motifs is 1. The number of aryl methyl sites for hydroxylation is 1. The third kappa shape index (κ3) is 2.30. The molecule has 0 amide bonds. The van der Waals surface area contributed by atoms with E-state index in [4.69, 9.17) is 10.2 Å². The Bertz CT molecular complexity index is 750. The lowest BCUT2D eigenvalue weighted by atomic mass is 10.1. The molecule has 1 atom stereocenters. The lowest BCUT2D eigenvalue weighted by Crippen LogP contribution is -2.07. The van der Waals surface area contributed by atoms with Crippen molar-refractivity contribution in [3.05, 3.63) is 48.3 Å². The summed E-state index contributed by atoms with van der Waals surface area (Å²) in [6, 6.07) is 7.61. The molecule has 102 valence electrons. The zero-order valence-electron chi connectivity index (χ0n) is 11.4. The first kappa shape index (κ1) is 12.5. The maximum absolute atomic E-state index is 5.78. The van der Waals surface area contributed by atoms with Crippen molar-refractivity contribution in [1.82, 2.24) is 9.97 Å². The highest BCUT2D eigenvalue weighted by Gasteiger charge is 2.12. The minimum Gasteiger partial charge on any atom is -0.444 e. The number of pyridine rings is 1. The van der Waals surface area contributed by atoms with Gasteiger partial charge in [0.15, 0.2) is 0 Å². The van der Waals surface area contributed by atoms with Gasteiger partial charge in [-0.3, -0.25) is 4.98 Å². The molecule has 5 nitrogen and oxygen atoms in total. The number of nitrogens with one attached hydrogen (secondary N) is 1. The van der Waals surface area contributed by atoms with Crippen molar-refractivity contribution in [2.75, 3.05) is 11.1 Å². The molecule has 20 heavy (non-hydrogen) atoms. The van der Waals surface area contributed by atoms with Gasteiger partial charge in [-0.15, -0.1) is 0 Å². The number of oxazole rings is 1. The Morgan fingerprint density at radius 3 is 2.85 bits per heavy atom. The van der Waals surface area contributed by atoms with E-state index < -0.39 is 0 Å². The molecule has 3 rings (SSSR count). The first-order valence-electron chi connectivity index (χ1n) is 6.46. The summed E-state index contributed by atoms with van der Waals surface area (Å²) in [5.74, 6) is 1.48. The van der Waals surface area contributed by atoms with Gasteiger partial charge in [-0.1, -0.05) is 0 Å². The number of rotatable bonds is 3. The summed E-state index contributed by atoms with van der Waals surface area (Å²) in [7, 11) is 0. The Labute approximate surface area is 116 Å². The van der Waals surface area contributed by atoms with E-state index in [0.717, 1.165) is 22.4 Å². The van der Waals surface area contributed by atoms with Gasteiger partial charge < -0.3 is 15.5 Å². The van der Waals surface area contributed by atoms with Crippen LogP contribution in [0.1, 0.15) is 24.6 Å². The molecule has 3 N–H and O–H groups in total. The molecule has 1 unspecified atom stereocenters. The molecule has 5 heteroatoms. The lowest BCUT2D eigenvalue weighted by Gasteiger charge is -2.14. The Balaban J connectivity index is 1.94. The molecule has 0 aliphatic rings. The molecule has 2 heterocycles. The van der Waals surface area contributed by atoms with E-state index in [1.54, 1.807) is 12.4 Å². The normalized spacial score (nSPS) is 12.5. The van der Waals surface area contributed by atoms with Crippen LogP contribution in [0.2, 0.25) is 0 Å². The first-order chi connectivity index (χ1) is 9.63. The number of nitrogens with zero attached hydrogens (tertiary/aromatic N) is 2. The number of nitrogens with two attached hydrogens (primary N) is 1. The fourth-order valence-corrected chi connectivity index (χ4v) is 2.16. The number of anilines is 2. The standard InChI is InChI=1S/C15H16N4O/c1-9-8-18-15(20-9)10(2)19-13-5-6-17-14-7-11(16)3-4-12(13)14/h3-8,10H,16H2,1-2H3,(H,17,19). The molecular formula is C15H16N4O. The van der Waals surface area contributed by atoms with Crippen LogP contribution >= 0.6 is 0 Å². The second-order valence-electron chi connectivity index (χ2n) is 4.81. The Hall–Kier alpha value is -2.56. The van der Waals surface area contributed by atoms with Crippen LogP contribution < -0.4 is 11.1 Å². The Morgan fingerprint density at radius 2 is 2.10 bits per heavy atom. The highest BCUT2D eigenvalue weighted by atomic mass is 16.4. The molecule has 0 spiro atoms. The molecule has 3 aromatic rings. The van der Waals surface area contributed by atoms with Crippen LogP contribution in [0.5, 0.6) is 0 Å². The average Bonchev–Trinajstić information content (AvgIpc) is 2.85. The van der Waals surface area contributed by atoms with Crippen molar-refractivity contribution in [3.8, 4) is 0 Å². The van der Waals surface area contributed by atoms with Crippen molar-refractivity contribution in [1.29, 1.82) is 0 Å². The van der Waals surface area contributed by atoms with E-state index in [-0.39, 0.29) is 6.04 Å². The van der Waals surface area contributed by atoms with Gasteiger partial charge >= 0.3 is 0 Å². The first-order valence-corrected chi connectivity index (χ1v) is 6.46. The molecule has 1 aromatic carbocycles. The van der Waals surface area contributed by atoms with Crippen LogP contribution in [0.4, 0.5) is 11.4 Å². The van der Waals surface area contributed by atoms with Gasteiger partial charge in [-0.25, -0.2) is 4.98 Å². The topological polar surface area (TPSA) is 77.0 Å². The number of benzene rings is 1. The maximum atomic E-state index is 5.78. The zero-order chi connectivity index (χ0) is 14.1. The van der Waals surface area contributed by atoms with E-state index in [9.17, 15) is 0 Å². The molecule has 0 aliphatic carbocycles. The van der Waals surface area contributed by atoms with Crippen molar-refractivity contribution in [2.45, 2.75) is 19.9 Å². The average molecular weight is 268 g/mol. The van der Waals surface area contributed by atoms with Crippen molar-refractivity contribution in [3.63, 3.8) is 0 Å². The van der Waals surface area contributed by atoms with Gasteiger partial charge in [0.2, 0.25) is 5.89 Å². The number of nitrogen functional groups attached to an aromatic ring is 1. The molecular weight excluding hydrogens is 252 g/mol. The molecule has 0 saturated heterocycles. The van der Waals surface area contributed by atoms with E-state index in [2.05, 4.69) is 15.3 Å². The van der Waals surface area contributed by atoms with E-state index >= 15 is 0 Å². The summed E-state index contributed by atoms with van der Waals surface area (Å²) in [6.45, 7) is 3.89. The largest absolute Gasteiger partial charge is 0.444 e. The summed E-state index contributed by atoms with van der Waals surface area (Å²) in [5.41, 5.74) is 8.34. The summed E-state index contributed by atoms with van der Waals surface area (Å²) in [4.78, 5) is 8.57. The fraction of sp³-hybridized carbons (Fsp3) is 0.200. The second kappa shape index (κ2) is 4.85. The van der Waals surface area contributed by atoms with Gasteiger partial charge in [0.1, 0.15) is 11.8 Å². The lowest BCUT2D eigenvalue weighted by molar-refractivity contribution is 0.454. The smallest absolute Gasteiger partial charge is 0.216 e. The Morgan fingerprint density at radius 1 is 1.25 bits per heavy atom. The van der Waals surface area contributed by atoms with E-state index in [1.165, 1.54) is 0 Å². The van der Waals surface area contributed by atoms with Crippen LogP contribution in [0.25, 0.3) is 10.9 Å². The minimum atomic E-state index is -0.0214. The van der Waals surface area contributed by atoms with Crippen LogP contribution in [-0.2, 0) is 0 Å².